The monoisotopic (exact) mass is 716 g/mol. The minimum Gasteiger partial charge on any atom is -0.460 e. The molecule has 0 aliphatic heterocycles. The van der Waals surface area contributed by atoms with Crippen LogP contribution in [0.3, 0.4) is 0 Å². The summed E-state index contributed by atoms with van der Waals surface area (Å²) in [4.78, 5) is 11.9. The lowest BCUT2D eigenvalue weighted by Crippen LogP contribution is -2.16. The fraction of sp³-hybridized carbons (Fsp3) is 0.618. The number of rotatable bonds is 33. The van der Waals surface area contributed by atoms with E-state index in [-0.39, 0.29) is 30.7 Å². The van der Waals surface area contributed by atoms with Crippen molar-refractivity contribution in [3.05, 3.63) is 65.7 Å². The molecule has 0 saturated carbocycles. The third-order valence-electron chi connectivity index (χ3n) is 6.22. The van der Waals surface area contributed by atoms with Gasteiger partial charge in [0.25, 0.3) is 10.1 Å². The molecule has 14 nitrogen and oxygen atoms in total. The summed E-state index contributed by atoms with van der Waals surface area (Å²) in [5.74, 6) is -0.364. The normalized spacial score (nSPS) is 11.6. The number of carbonyl (C=O) groups excluding carboxylic acids is 1. The average molecular weight is 717 g/mol. The van der Waals surface area contributed by atoms with Crippen molar-refractivity contribution in [1.29, 1.82) is 0 Å². The van der Waals surface area contributed by atoms with Crippen LogP contribution in [0.15, 0.2) is 59.5 Å². The standard InChI is InChI=1S/C34H52O14S/c1-31-7-9-33(10-8-31)49(36,37)48-30-28-46-26-24-44-22-20-42-18-16-40-14-12-38-11-13-39-15-17-41-19-21-43-23-25-45-27-29-47-34(35)32-5-3-2-4-6-32/h2-10H,11-30H2,1H3. The van der Waals surface area contributed by atoms with Crippen LogP contribution in [0.5, 0.6) is 0 Å². The summed E-state index contributed by atoms with van der Waals surface area (Å²) >= 11 is 0. The number of benzene rings is 2. The number of hydrogen-bond acceptors (Lipinski definition) is 14. The first kappa shape index (κ1) is 42.6. The van der Waals surface area contributed by atoms with Gasteiger partial charge in [0, 0.05) is 0 Å². The van der Waals surface area contributed by atoms with Crippen LogP contribution in [0.1, 0.15) is 15.9 Å². The van der Waals surface area contributed by atoms with Gasteiger partial charge in [-0.25, -0.2) is 4.79 Å². The summed E-state index contributed by atoms with van der Waals surface area (Å²) in [6.45, 7) is 9.44. The smallest absolute Gasteiger partial charge is 0.338 e. The first-order chi connectivity index (χ1) is 24.0. The van der Waals surface area contributed by atoms with Crippen molar-refractivity contribution in [2.45, 2.75) is 11.8 Å². The maximum atomic E-state index is 12.1. The Balaban J connectivity index is 1.19. The second-order valence-corrected chi connectivity index (χ2v) is 11.7. The Morgan fingerprint density at radius 2 is 0.776 bits per heavy atom. The summed E-state index contributed by atoms with van der Waals surface area (Å²) in [7, 11) is -3.78. The maximum Gasteiger partial charge on any atom is 0.338 e. The summed E-state index contributed by atoms with van der Waals surface area (Å²) in [6, 6.07) is 15.3. The quantitative estimate of drug-likeness (QED) is 0.0605. The van der Waals surface area contributed by atoms with Gasteiger partial charge >= 0.3 is 5.97 Å². The molecule has 0 N–H and O–H groups in total. The number of hydrogen-bond donors (Lipinski definition) is 0. The average Bonchev–Trinajstić information content (AvgIpc) is 3.11. The van der Waals surface area contributed by atoms with Gasteiger partial charge in [0.05, 0.1) is 136 Å². The third-order valence-corrected chi connectivity index (χ3v) is 7.55. The molecule has 0 spiro atoms. The summed E-state index contributed by atoms with van der Waals surface area (Å²) in [5.41, 5.74) is 1.49. The zero-order valence-corrected chi connectivity index (χ0v) is 29.3. The SMILES string of the molecule is Cc1ccc(S(=O)(=O)OCCOCCOCCOCCOCCOCCOCCOCCOCCOCCOC(=O)c2ccccc2)cc1. The molecule has 278 valence electrons. The fourth-order valence-corrected chi connectivity index (χ4v) is 4.58. The number of aryl methyl sites for hydroxylation is 1. The molecule has 0 aliphatic carbocycles. The van der Waals surface area contributed by atoms with Crippen LogP contribution in [0.2, 0.25) is 0 Å². The first-order valence-electron chi connectivity index (χ1n) is 16.4. The number of carbonyl (C=O) groups is 1. The molecule has 0 bridgehead atoms. The molecule has 2 aromatic rings. The van der Waals surface area contributed by atoms with Crippen molar-refractivity contribution in [2.75, 3.05) is 132 Å². The van der Waals surface area contributed by atoms with Gasteiger partial charge in [0.15, 0.2) is 0 Å². The highest BCUT2D eigenvalue weighted by Crippen LogP contribution is 2.13. The Kier molecular flexibility index (Phi) is 25.4. The molecule has 49 heavy (non-hydrogen) atoms. The lowest BCUT2D eigenvalue weighted by atomic mass is 10.2. The molecule has 0 amide bonds. The van der Waals surface area contributed by atoms with Crippen LogP contribution in [0.25, 0.3) is 0 Å². The van der Waals surface area contributed by atoms with Crippen LogP contribution < -0.4 is 0 Å². The molecule has 15 heteroatoms. The molecule has 0 heterocycles. The summed E-state index contributed by atoms with van der Waals surface area (Å²) in [6.07, 6.45) is 0. The highest BCUT2D eigenvalue weighted by atomic mass is 32.2. The first-order valence-corrected chi connectivity index (χ1v) is 17.8. The largest absolute Gasteiger partial charge is 0.460 e. The van der Waals surface area contributed by atoms with E-state index < -0.39 is 10.1 Å². The van der Waals surface area contributed by atoms with Gasteiger partial charge in [-0.15, -0.1) is 0 Å². The van der Waals surface area contributed by atoms with Gasteiger partial charge < -0.3 is 47.4 Å². The van der Waals surface area contributed by atoms with Gasteiger partial charge in [-0.2, -0.15) is 8.42 Å². The van der Waals surface area contributed by atoms with E-state index in [4.69, 9.17) is 51.6 Å². The Hall–Kier alpha value is -2.54. The van der Waals surface area contributed by atoms with E-state index in [0.29, 0.717) is 118 Å². The van der Waals surface area contributed by atoms with E-state index in [1.165, 1.54) is 12.1 Å². The predicted molar refractivity (Wildman–Crippen MR) is 178 cm³/mol. The zero-order chi connectivity index (χ0) is 35.1. The van der Waals surface area contributed by atoms with E-state index in [0.717, 1.165) is 5.56 Å². The lowest BCUT2D eigenvalue weighted by molar-refractivity contribution is -0.0262. The van der Waals surface area contributed by atoms with Crippen LogP contribution in [-0.4, -0.2) is 147 Å². The van der Waals surface area contributed by atoms with Crippen molar-refractivity contribution in [3.8, 4) is 0 Å². The van der Waals surface area contributed by atoms with Crippen LogP contribution in [-0.2, 0) is 61.7 Å². The Morgan fingerprint density at radius 1 is 0.449 bits per heavy atom. The van der Waals surface area contributed by atoms with E-state index in [2.05, 4.69) is 0 Å². The zero-order valence-electron chi connectivity index (χ0n) is 28.5. The Morgan fingerprint density at radius 3 is 1.14 bits per heavy atom. The Labute approximate surface area is 290 Å². The van der Waals surface area contributed by atoms with Gasteiger partial charge in [-0.3, -0.25) is 4.18 Å². The second kappa shape index (κ2) is 29.2. The minimum absolute atomic E-state index is 0.0644. The van der Waals surface area contributed by atoms with Crippen molar-refractivity contribution < 1.29 is 64.8 Å². The molecule has 2 rings (SSSR count). The highest BCUT2D eigenvalue weighted by molar-refractivity contribution is 7.86. The molecular formula is C34H52O14S. The van der Waals surface area contributed by atoms with E-state index in [1.807, 2.05) is 13.0 Å². The summed E-state index contributed by atoms with van der Waals surface area (Å²) in [5, 5.41) is 0. The van der Waals surface area contributed by atoms with Crippen molar-refractivity contribution in [2.24, 2.45) is 0 Å². The van der Waals surface area contributed by atoms with Gasteiger partial charge in [-0.05, 0) is 31.2 Å². The molecule has 2 aromatic carbocycles. The predicted octanol–water partition coefficient (Wildman–Crippen LogP) is 2.71. The van der Waals surface area contributed by atoms with Crippen LogP contribution >= 0.6 is 0 Å². The second-order valence-electron chi connectivity index (χ2n) is 10.1. The Bertz CT molecular complexity index is 1170. The van der Waals surface area contributed by atoms with E-state index in [1.54, 1.807) is 36.4 Å². The highest BCUT2D eigenvalue weighted by Gasteiger charge is 2.14. The third kappa shape index (κ3) is 23.5. The van der Waals surface area contributed by atoms with Crippen molar-refractivity contribution in [3.63, 3.8) is 0 Å². The van der Waals surface area contributed by atoms with Gasteiger partial charge in [-0.1, -0.05) is 35.9 Å². The molecule has 0 radical (unpaired) electrons. The molecule has 0 fully saturated rings. The topological polar surface area (TPSA) is 153 Å². The number of esters is 1. The minimum atomic E-state index is -3.78. The van der Waals surface area contributed by atoms with E-state index >= 15 is 0 Å². The molecule has 0 saturated heterocycles. The molecular weight excluding hydrogens is 664 g/mol. The lowest BCUT2D eigenvalue weighted by Gasteiger charge is -2.09. The van der Waals surface area contributed by atoms with Crippen LogP contribution in [0.4, 0.5) is 0 Å². The maximum absolute atomic E-state index is 12.1. The summed E-state index contributed by atoms with van der Waals surface area (Å²) < 4.78 is 83.1. The van der Waals surface area contributed by atoms with Crippen molar-refractivity contribution in [1.82, 2.24) is 0 Å². The van der Waals surface area contributed by atoms with Gasteiger partial charge in [0.1, 0.15) is 6.61 Å². The molecule has 0 atom stereocenters. The molecule has 0 unspecified atom stereocenters. The van der Waals surface area contributed by atoms with Crippen LogP contribution in [0, 0.1) is 6.92 Å². The fourth-order valence-electron chi connectivity index (χ4n) is 3.69. The van der Waals surface area contributed by atoms with Gasteiger partial charge in [0.2, 0.25) is 0 Å². The van der Waals surface area contributed by atoms with Crippen molar-refractivity contribution >= 4 is 16.1 Å². The molecule has 0 aromatic heterocycles. The number of ether oxygens (including phenoxy) is 10. The van der Waals surface area contributed by atoms with E-state index in [9.17, 15) is 13.2 Å². The molecule has 0 aliphatic rings.